The molecule has 0 heterocycles. The van der Waals surface area contributed by atoms with Gasteiger partial charge in [0.05, 0.1) is 17.0 Å². The summed E-state index contributed by atoms with van der Waals surface area (Å²) < 4.78 is 26.4. The minimum absolute atomic E-state index is 0.0192. The largest absolute Gasteiger partial charge is 0.352 e. The fraction of sp³-hybridized carbons (Fsp3) is 0.333. The van der Waals surface area contributed by atoms with Crippen LogP contribution < -0.4 is 9.62 Å². The van der Waals surface area contributed by atoms with E-state index in [9.17, 15) is 18.0 Å². The summed E-state index contributed by atoms with van der Waals surface area (Å²) in [6, 6.07) is 22.8. The number of halogens is 2. The molecule has 1 N–H and O–H groups in total. The Morgan fingerprint density at radius 1 is 0.900 bits per heavy atom. The predicted molar refractivity (Wildman–Crippen MR) is 162 cm³/mol. The van der Waals surface area contributed by atoms with Crippen LogP contribution in [0.3, 0.4) is 0 Å². The smallest absolute Gasteiger partial charge is 0.243 e. The van der Waals surface area contributed by atoms with Gasteiger partial charge in [-0.25, -0.2) is 8.42 Å². The van der Waals surface area contributed by atoms with Crippen molar-refractivity contribution in [2.45, 2.75) is 51.7 Å². The third-order valence-corrected chi connectivity index (χ3v) is 7.96. The molecule has 0 saturated carbocycles. The van der Waals surface area contributed by atoms with Gasteiger partial charge in [0.2, 0.25) is 21.8 Å². The van der Waals surface area contributed by atoms with Crippen LogP contribution in [0.2, 0.25) is 10.0 Å². The number of nitrogens with one attached hydrogen (secondary N) is 1. The summed E-state index contributed by atoms with van der Waals surface area (Å²) in [5.41, 5.74) is 2.06. The van der Waals surface area contributed by atoms with E-state index in [1.165, 1.54) is 12.1 Å². The molecule has 1 atom stereocenters. The highest BCUT2D eigenvalue weighted by Crippen LogP contribution is 2.31. The summed E-state index contributed by atoms with van der Waals surface area (Å²) in [4.78, 5) is 28.8. The number of carbonyl (C=O) groups is 2. The van der Waals surface area contributed by atoms with Crippen molar-refractivity contribution in [2.75, 3.05) is 17.1 Å². The molecule has 3 aromatic carbocycles. The van der Waals surface area contributed by atoms with Crippen LogP contribution in [0, 0.1) is 0 Å². The van der Waals surface area contributed by atoms with Gasteiger partial charge < -0.3 is 10.2 Å². The summed E-state index contributed by atoms with van der Waals surface area (Å²) in [5.74, 6) is -0.499. The number of benzene rings is 3. The van der Waals surface area contributed by atoms with Crippen LogP contribution in [0.25, 0.3) is 0 Å². The minimum Gasteiger partial charge on any atom is -0.352 e. The second-order valence-corrected chi connectivity index (χ2v) is 12.7. The maximum absolute atomic E-state index is 13.8. The van der Waals surface area contributed by atoms with Crippen molar-refractivity contribution < 1.29 is 18.0 Å². The monoisotopic (exact) mass is 603 g/mol. The molecule has 2 amide bonds. The summed E-state index contributed by atoms with van der Waals surface area (Å²) in [6.45, 7) is 4.01. The Morgan fingerprint density at radius 2 is 1.50 bits per heavy atom. The molecule has 10 heteroatoms. The van der Waals surface area contributed by atoms with Crippen molar-refractivity contribution in [3.8, 4) is 0 Å². The van der Waals surface area contributed by atoms with Crippen molar-refractivity contribution in [2.24, 2.45) is 0 Å². The lowest BCUT2D eigenvalue weighted by Gasteiger charge is -2.32. The Balaban J connectivity index is 1.88. The van der Waals surface area contributed by atoms with E-state index in [2.05, 4.69) is 5.32 Å². The molecule has 7 nitrogen and oxygen atoms in total. The molecule has 0 radical (unpaired) electrons. The van der Waals surface area contributed by atoms with Crippen molar-refractivity contribution in [1.82, 2.24) is 10.2 Å². The molecule has 3 aromatic rings. The SMILES string of the molecule is CC(C)NC(=O)[C@@H](Cc1ccccc1)N(Cc1ccccc1)C(=O)CCCN(c1cc(Cl)ccc1Cl)S(C)(=O)=O. The number of amides is 2. The molecular formula is C30H35Cl2N3O4S. The van der Waals surface area contributed by atoms with Gasteiger partial charge in [0.25, 0.3) is 0 Å². The highest BCUT2D eigenvalue weighted by atomic mass is 35.5. The topological polar surface area (TPSA) is 86.8 Å². The summed E-state index contributed by atoms with van der Waals surface area (Å²) in [7, 11) is -3.71. The lowest BCUT2D eigenvalue weighted by molar-refractivity contribution is -0.141. The first-order valence-electron chi connectivity index (χ1n) is 13.1. The highest BCUT2D eigenvalue weighted by Gasteiger charge is 2.31. The standard InChI is InChI=1S/C30H35Cl2N3O4S/c1-22(2)33-30(37)28(19-23-11-6-4-7-12-23)34(21-24-13-8-5-9-14-24)29(36)15-10-18-35(40(3,38)39)27-20-25(31)16-17-26(27)32/h4-9,11-14,16-17,20,22,28H,10,15,18-19,21H2,1-3H3,(H,33,37)/t28-/m1/s1. The van der Waals surface area contributed by atoms with Crippen molar-refractivity contribution >= 4 is 50.7 Å². The molecule has 0 aliphatic carbocycles. The van der Waals surface area contributed by atoms with E-state index in [1.54, 1.807) is 11.0 Å². The first-order chi connectivity index (χ1) is 19.0. The summed E-state index contributed by atoms with van der Waals surface area (Å²) in [5, 5.41) is 3.55. The lowest BCUT2D eigenvalue weighted by Crippen LogP contribution is -2.51. The van der Waals surface area contributed by atoms with Crippen LogP contribution in [-0.4, -0.2) is 50.0 Å². The molecule has 0 spiro atoms. The predicted octanol–water partition coefficient (Wildman–Crippen LogP) is 5.70. The van der Waals surface area contributed by atoms with Crippen molar-refractivity contribution in [3.05, 3.63) is 100 Å². The minimum atomic E-state index is -3.71. The van der Waals surface area contributed by atoms with E-state index in [0.29, 0.717) is 11.4 Å². The maximum Gasteiger partial charge on any atom is 0.243 e. The highest BCUT2D eigenvalue weighted by molar-refractivity contribution is 7.92. The molecule has 0 saturated heterocycles. The van der Waals surface area contributed by atoms with Gasteiger partial charge in [-0.05, 0) is 49.6 Å². The zero-order valence-electron chi connectivity index (χ0n) is 22.9. The van der Waals surface area contributed by atoms with Crippen LogP contribution in [0.1, 0.15) is 37.8 Å². The molecule has 40 heavy (non-hydrogen) atoms. The fourth-order valence-corrected chi connectivity index (χ4v) is 5.78. The Kier molecular flexibility index (Phi) is 11.4. The Bertz CT molecular complexity index is 1390. The third-order valence-electron chi connectivity index (χ3n) is 6.23. The van der Waals surface area contributed by atoms with Gasteiger partial charge >= 0.3 is 0 Å². The number of nitrogens with zero attached hydrogens (tertiary/aromatic N) is 2. The number of anilines is 1. The summed E-state index contributed by atoms with van der Waals surface area (Å²) >= 11 is 12.4. The lowest BCUT2D eigenvalue weighted by atomic mass is 10.0. The van der Waals surface area contributed by atoms with Gasteiger partial charge in [-0.2, -0.15) is 0 Å². The molecule has 0 unspecified atom stereocenters. The number of sulfonamides is 1. The van der Waals surface area contributed by atoms with Crippen molar-refractivity contribution in [1.29, 1.82) is 0 Å². The fourth-order valence-electron chi connectivity index (χ4n) is 4.37. The van der Waals surface area contributed by atoms with E-state index in [4.69, 9.17) is 23.2 Å². The van der Waals surface area contributed by atoms with Crippen LogP contribution in [0.5, 0.6) is 0 Å². The molecule has 0 bridgehead atoms. The normalized spacial score (nSPS) is 12.2. The first-order valence-corrected chi connectivity index (χ1v) is 15.7. The van der Waals surface area contributed by atoms with Gasteiger partial charge in [0.1, 0.15) is 6.04 Å². The van der Waals surface area contributed by atoms with Gasteiger partial charge in [0.15, 0.2) is 0 Å². The average Bonchev–Trinajstić information content (AvgIpc) is 2.90. The number of hydrogen-bond acceptors (Lipinski definition) is 4. The van der Waals surface area contributed by atoms with E-state index in [0.717, 1.165) is 21.7 Å². The average molecular weight is 605 g/mol. The molecule has 0 aliphatic rings. The number of carbonyl (C=O) groups excluding carboxylic acids is 2. The van der Waals surface area contributed by atoms with Crippen molar-refractivity contribution in [3.63, 3.8) is 0 Å². The Labute approximate surface area is 247 Å². The molecule has 0 aromatic heterocycles. The van der Waals surface area contributed by atoms with Crippen LogP contribution in [0.4, 0.5) is 5.69 Å². The molecule has 0 aliphatic heterocycles. The molecular weight excluding hydrogens is 569 g/mol. The van der Waals surface area contributed by atoms with Crippen LogP contribution >= 0.6 is 23.2 Å². The van der Waals surface area contributed by atoms with E-state index < -0.39 is 16.1 Å². The first kappa shape index (κ1) is 31.5. The van der Waals surface area contributed by atoms with E-state index in [1.807, 2.05) is 74.5 Å². The Hall–Kier alpha value is -3.07. The zero-order chi connectivity index (χ0) is 29.3. The van der Waals surface area contributed by atoms with Gasteiger partial charge in [-0.15, -0.1) is 0 Å². The molecule has 214 valence electrons. The second kappa shape index (κ2) is 14.5. The third kappa shape index (κ3) is 9.25. The van der Waals surface area contributed by atoms with Crippen LogP contribution in [0.15, 0.2) is 78.9 Å². The van der Waals surface area contributed by atoms with Gasteiger partial charge in [-0.3, -0.25) is 13.9 Å². The summed E-state index contributed by atoms with van der Waals surface area (Å²) in [6.07, 6.45) is 1.66. The van der Waals surface area contributed by atoms with Gasteiger partial charge in [-0.1, -0.05) is 83.9 Å². The van der Waals surface area contributed by atoms with Crippen LogP contribution in [-0.2, 0) is 32.6 Å². The maximum atomic E-state index is 13.8. The molecule has 3 rings (SSSR count). The molecule has 0 fully saturated rings. The van der Waals surface area contributed by atoms with Gasteiger partial charge in [0, 0.05) is 37.0 Å². The number of rotatable bonds is 13. The number of hydrogen-bond donors (Lipinski definition) is 1. The van der Waals surface area contributed by atoms with E-state index >= 15 is 0 Å². The van der Waals surface area contributed by atoms with E-state index in [-0.39, 0.29) is 54.5 Å². The Morgan fingerprint density at radius 3 is 2.08 bits per heavy atom. The quantitative estimate of drug-likeness (QED) is 0.271. The zero-order valence-corrected chi connectivity index (χ0v) is 25.2. The second-order valence-electron chi connectivity index (χ2n) is 9.91.